The van der Waals surface area contributed by atoms with Gasteiger partial charge in [-0.1, -0.05) is 12.2 Å². The van der Waals surface area contributed by atoms with E-state index in [0.717, 1.165) is 18.4 Å². The minimum atomic E-state index is -1.03. The van der Waals surface area contributed by atoms with Crippen LogP contribution < -0.4 is 9.64 Å². The van der Waals surface area contributed by atoms with Crippen molar-refractivity contribution in [2.24, 2.45) is 0 Å². The van der Waals surface area contributed by atoms with Crippen molar-refractivity contribution in [3.63, 3.8) is 0 Å². The normalized spacial score (nSPS) is 19.1. The molecular formula is C31H47N3O6. The third-order valence-corrected chi connectivity index (χ3v) is 7.09. The van der Waals surface area contributed by atoms with Crippen LogP contribution in [0.5, 0.6) is 5.75 Å². The Kier molecular flexibility index (Phi) is 9.93. The smallest absolute Gasteiger partial charge is 0.410 e. The number of ether oxygens (including phenoxy) is 3. The van der Waals surface area contributed by atoms with Gasteiger partial charge in [0.25, 0.3) is 11.8 Å². The van der Waals surface area contributed by atoms with Crippen LogP contribution in [-0.4, -0.2) is 84.3 Å². The molecule has 3 amide bonds. The number of carbonyl (C=O) groups excluding carboxylic acids is 3. The Bertz CT molecular complexity index is 1120. The highest BCUT2D eigenvalue weighted by Gasteiger charge is 2.42. The topological polar surface area (TPSA) is 88.6 Å². The molecule has 2 aliphatic heterocycles. The summed E-state index contributed by atoms with van der Waals surface area (Å²) in [4.78, 5) is 45.9. The standard InChI is InChI=1S/C31H47N3O6/c1-10-13-22-18-26-25(33(16-12-17-38-9)28(36)31(7,8)39-26)19-24(22)27(35)34(21(2)3)23-14-11-15-32(20-23)29(37)40-30(4,5)6/h10,13,18-19,21,23H,11-12,14-17,20H2,1-9H3/t23-/m1/s1. The molecule has 1 atom stereocenters. The number of nitrogens with zero attached hydrogens (tertiary/aromatic N) is 3. The van der Waals surface area contributed by atoms with E-state index in [4.69, 9.17) is 14.2 Å². The molecule has 0 radical (unpaired) electrons. The third kappa shape index (κ3) is 7.16. The summed E-state index contributed by atoms with van der Waals surface area (Å²) < 4.78 is 17.0. The summed E-state index contributed by atoms with van der Waals surface area (Å²) in [6.07, 6.45) is 5.63. The van der Waals surface area contributed by atoms with Crippen molar-refractivity contribution in [2.75, 3.05) is 38.3 Å². The minimum absolute atomic E-state index is 0.111. The highest BCUT2D eigenvalue weighted by atomic mass is 16.6. The summed E-state index contributed by atoms with van der Waals surface area (Å²) in [5.74, 6) is 0.266. The molecule has 222 valence electrons. The van der Waals surface area contributed by atoms with Crippen molar-refractivity contribution in [2.45, 2.75) is 97.9 Å². The van der Waals surface area contributed by atoms with Gasteiger partial charge in [0.2, 0.25) is 0 Å². The van der Waals surface area contributed by atoms with Crippen molar-refractivity contribution in [3.05, 3.63) is 29.3 Å². The van der Waals surface area contributed by atoms with Gasteiger partial charge >= 0.3 is 6.09 Å². The molecule has 40 heavy (non-hydrogen) atoms. The average Bonchev–Trinajstić information content (AvgIpc) is 2.85. The van der Waals surface area contributed by atoms with E-state index in [2.05, 4.69) is 0 Å². The van der Waals surface area contributed by atoms with Crippen molar-refractivity contribution in [1.82, 2.24) is 9.80 Å². The van der Waals surface area contributed by atoms with Crippen LogP contribution in [0.4, 0.5) is 10.5 Å². The van der Waals surface area contributed by atoms with Crippen LogP contribution in [-0.2, 0) is 14.3 Å². The van der Waals surface area contributed by atoms with Crippen LogP contribution in [0, 0.1) is 0 Å². The number of benzene rings is 1. The second-order valence-electron chi connectivity index (χ2n) is 12.4. The van der Waals surface area contributed by atoms with E-state index in [1.807, 2.05) is 64.7 Å². The maximum Gasteiger partial charge on any atom is 0.410 e. The van der Waals surface area contributed by atoms with Gasteiger partial charge in [0, 0.05) is 45.0 Å². The molecule has 1 saturated heterocycles. The van der Waals surface area contributed by atoms with Crippen molar-refractivity contribution >= 4 is 29.7 Å². The number of fused-ring (bicyclic) bond motifs is 1. The molecule has 0 N–H and O–H groups in total. The number of hydrogen-bond donors (Lipinski definition) is 0. The van der Waals surface area contributed by atoms with E-state index in [1.165, 1.54) is 0 Å². The molecule has 9 heteroatoms. The van der Waals surface area contributed by atoms with Crippen LogP contribution in [0.1, 0.15) is 90.6 Å². The number of amides is 3. The fourth-order valence-electron chi connectivity index (χ4n) is 5.36. The molecule has 3 rings (SSSR count). The van der Waals surface area contributed by atoms with Gasteiger partial charge in [0.15, 0.2) is 5.60 Å². The maximum absolute atomic E-state index is 14.3. The minimum Gasteiger partial charge on any atom is -0.476 e. The average molecular weight is 558 g/mol. The van der Waals surface area contributed by atoms with Crippen LogP contribution in [0.3, 0.4) is 0 Å². The molecule has 0 spiro atoms. The Morgan fingerprint density at radius 1 is 1.25 bits per heavy atom. The number of allylic oxidation sites excluding steroid dienone is 1. The number of methoxy groups -OCH3 is 1. The predicted octanol–water partition coefficient (Wildman–Crippen LogP) is 5.51. The molecule has 1 aromatic rings. The zero-order chi connectivity index (χ0) is 29.8. The Balaban J connectivity index is 2.01. The molecule has 9 nitrogen and oxygen atoms in total. The van der Waals surface area contributed by atoms with Crippen molar-refractivity contribution < 1.29 is 28.6 Å². The summed E-state index contributed by atoms with van der Waals surface area (Å²) in [5, 5.41) is 0. The molecule has 1 aromatic carbocycles. The van der Waals surface area contributed by atoms with E-state index >= 15 is 0 Å². The number of hydrogen-bond acceptors (Lipinski definition) is 6. The third-order valence-electron chi connectivity index (χ3n) is 7.09. The first kappa shape index (κ1) is 31.5. The lowest BCUT2D eigenvalue weighted by Gasteiger charge is -2.42. The van der Waals surface area contributed by atoms with E-state index in [0.29, 0.717) is 49.7 Å². The van der Waals surface area contributed by atoms with Gasteiger partial charge in [-0.15, -0.1) is 0 Å². The molecule has 0 unspecified atom stereocenters. The lowest BCUT2D eigenvalue weighted by molar-refractivity contribution is -0.132. The molecular weight excluding hydrogens is 510 g/mol. The van der Waals surface area contributed by atoms with Gasteiger partial charge in [-0.2, -0.15) is 0 Å². The highest BCUT2D eigenvalue weighted by molar-refractivity contribution is 6.05. The Morgan fingerprint density at radius 3 is 2.55 bits per heavy atom. The number of rotatable bonds is 8. The van der Waals surface area contributed by atoms with Crippen LogP contribution in [0.15, 0.2) is 18.2 Å². The van der Waals surface area contributed by atoms with Crippen LogP contribution in [0.25, 0.3) is 6.08 Å². The number of anilines is 1. The lowest BCUT2D eigenvalue weighted by atomic mass is 9.96. The monoisotopic (exact) mass is 557 g/mol. The van der Waals surface area contributed by atoms with Crippen molar-refractivity contribution in [3.8, 4) is 5.75 Å². The summed E-state index contributed by atoms with van der Waals surface area (Å²) >= 11 is 0. The molecule has 0 aromatic heterocycles. The van der Waals surface area contributed by atoms with Crippen LogP contribution >= 0.6 is 0 Å². The zero-order valence-electron chi connectivity index (χ0n) is 25.7. The zero-order valence-corrected chi connectivity index (χ0v) is 25.7. The molecule has 0 bridgehead atoms. The molecule has 2 aliphatic rings. The summed E-state index contributed by atoms with van der Waals surface area (Å²) in [6.45, 7) is 16.9. The second kappa shape index (κ2) is 12.6. The maximum atomic E-state index is 14.3. The van der Waals surface area contributed by atoms with E-state index < -0.39 is 11.2 Å². The fraction of sp³-hybridized carbons (Fsp3) is 0.645. The molecule has 2 heterocycles. The fourth-order valence-corrected chi connectivity index (χ4v) is 5.36. The number of carbonyl (C=O) groups is 3. The number of likely N-dealkylation sites (tertiary alicyclic amines) is 1. The number of piperidine rings is 1. The summed E-state index contributed by atoms with van der Waals surface area (Å²) in [7, 11) is 1.63. The quantitative estimate of drug-likeness (QED) is 0.392. The van der Waals surface area contributed by atoms with E-state index in [9.17, 15) is 14.4 Å². The Labute approximate surface area is 239 Å². The highest BCUT2D eigenvalue weighted by Crippen LogP contribution is 2.41. The summed E-state index contributed by atoms with van der Waals surface area (Å²) in [5.41, 5.74) is 0.174. The van der Waals surface area contributed by atoms with Gasteiger partial charge in [-0.25, -0.2) is 4.79 Å². The van der Waals surface area contributed by atoms with Gasteiger partial charge in [0.05, 0.1) is 11.7 Å². The largest absolute Gasteiger partial charge is 0.476 e. The molecule has 0 aliphatic carbocycles. The SMILES string of the molecule is CC=Cc1cc2c(cc1C(=O)N(C(C)C)[C@@H]1CCCN(C(=O)OC(C)(C)C)C1)N(CCCOC)C(=O)C(C)(C)O2. The Hall–Kier alpha value is -3.07. The predicted molar refractivity (Wildman–Crippen MR) is 157 cm³/mol. The molecule has 1 fully saturated rings. The van der Waals surface area contributed by atoms with Crippen LogP contribution in [0.2, 0.25) is 0 Å². The van der Waals surface area contributed by atoms with Gasteiger partial charge in [-0.05, 0) is 92.3 Å². The van der Waals surface area contributed by atoms with Gasteiger partial charge in [-0.3, -0.25) is 9.59 Å². The van der Waals surface area contributed by atoms with Gasteiger partial charge in [0.1, 0.15) is 11.4 Å². The summed E-state index contributed by atoms with van der Waals surface area (Å²) in [6, 6.07) is 3.36. The molecule has 0 saturated carbocycles. The van der Waals surface area contributed by atoms with E-state index in [1.54, 1.807) is 36.8 Å². The van der Waals surface area contributed by atoms with E-state index in [-0.39, 0.29) is 30.0 Å². The first-order chi connectivity index (χ1) is 18.7. The van der Waals surface area contributed by atoms with Gasteiger partial charge < -0.3 is 28.9 Å². The first-order valence-electron chi connectivity index (χ1n) is 14.3. The first-order valence-corrected chi connectivity index (χ1v) is 14.3. The van der Waals surface area contributed by atoms with Crippen molar-refractivity contribution in [1.29, 1.82) is 0 Å². The second-order valence-corrected chi connectivity index (χ2v) is 12.4. The lowest BCUT2D eigenvalue weighted by Crippen LogP contribution is -2.55. The Morgan fingerprint density at radius 2 is 1.95 bits per heavy atom.